The lowest BCUT2D eigenvalue weighted by molar-refractivity contribution is -0.111. The van der Waals surface area contributed by atoms with E-state index in [0.717, 1.165) is 37.8 Å². The molecule has 0 saturated heterocycles. The minimum Gasteiger partial charge on any atom is -0.303 e. The van der Waals surface area contributed by atoms with Crippen LogP contribution in [-0.2, 0) is 4.79 Å². The third-order valence-corrected chi connectivity index (χ3v) is 2.35. The van der Waals surface area contributed by atoms with Gasteiger partial charge >= 0.3 is 0 Å². The second-order valence-electron chi connectivity index (χ2n) is 3.22. The van der Waals surface area contributed by atoms with Gasteiger partial charge in [-0.15, -0.1) is 11.6 Å². The first-order chi connectivity index (χ1) is 5.85. The minimum atomic E-state index is 0.285. The van der Waals surface area contributed by atoms with Crippen molar-refractivity contribution in [3.05, 3.63) is 0 Å². The lowest BCUT2D eigenvalue weighted by Crippen LogP contribution is -2.01. The summed E-state index contributed by atoms with van der Waals surface area (Å²) in [5, 5.41) is 0. The van der Waals surface area contributed by atoms with Gasteiger partial charge in [-0.1, -0.05) is 26.2 Å². The van der Waals surface area contributed by atoms with E-state index < -0.39 is 0 Å². The molecule has 1 atom stereocenters. The quantitative estimate of drug-likeness (QED) is 0.326. The number of hydrogen-bond donors (Lipinski definition) is 0. The number of carbonyl (C=O) groups excluding carboxylic acids is 1. The van der Waals surface area contributed by atoms with E-state index in [1.165, 1.54) is 12.8 Å². The Morgan fingerprint density at radius 2 is 1.92 bits per heavy atom. The maximum Gasteiger partial charge on any atom is 0.123 e. The van der Waals surface area contributed by atoms with Gasteiger partial charge in [0.2, 0.25) is 0 Å². The zero-order chi connectivity index (χ0) is 9.23. The molecule has 0 aromatic carbocycles. The van der Waals surface area contributed by atoms with Gasteiger partial charge in [-0.2, -0.15) is 0 Å². The Morgan fingerprint density at radius 1 is 1.25 bits per heavy atom. The maximum atomic E-state index is 10.6. The molecule has 2 heteroatoms. The summed E-state index contributed by atoms with van der Waals surface area (Å²) < 4.78 is 0. The third-order valence-electron chi connectivity index (χ3n) is 2.08. The highest BCUT2D eigenvalue weighted by molar-refractivity contribution is 6.17. The number of rotatable bonds is 8. The predicted molar refractivity (Wildman–Crippen MR) is 53.7 cm³/mol. The van der Waals surface area contributed by atoms with E-state index in [4.69, 9.17) is 11.6 Å². The monoisotopic (exact) mass is 190 g/mol. The summed E-state index contributed by atoms with van der Waals surface area (Å²) in [7, 11) is 0. The fraction of sp³-hybridized carbons (Fsp3) is 0.900. The van der Waals surface area contributed by atoms with Crippen molar-refractivity contribution in [1.29, 1.82) is 0 Å². The number of aldehydes is 1. The number of carbonyl (C=O) groups is 1. The molecule has 72 valence electrons. The van der Waals surface area contributed by atoms with Crippen LogP contribution in [0.15, 0.2) is 0 Å². The van der Waals surface area contributed by atoms with Crippen LogP contribution >= 0.6 is 11.6 Å². The van der Waals surface area contributed by atoms with E-state index in [-0.39, 0.29) is 5.92 Å². The summed E-state index contributed by atoms with van der Waals surface area (Å²) in [6.45, 7) is 2.15. The van der Waals surface area contributed by atoms with E-state index in [1.54, 1.807) is 0 Å². The number of hydrogen-bond acceptors (Lipinski definition) is 1. The molecule has 0 amide bonds. The number of unbranched alkanes of at least 4 members (excludes halogenated alkanes) is 2. The van der Waals surface area contributed by atoms with Crippen molar-refractivity contribution in [3.63, 3.8) is 0 Å². The third kappa shape index (κ3) is 6.66. The van der Waals surface area contributed by atoms with E-state index in [9.17, 15) is 4.79 Å². The average molecular weight is 191 g/mol. The van der Waals surface area contributed by atoms with Crippen LogP contribution in [0.2, 0.25) is 0 Å². The van der Waals surface area contributed by atoms with Crippen molar-refractivity contribution in [3.8, 4) is 0 Å². The van der Waals surface area contributed by atoms with Crippen LogP contribution < -0.4 is 0 Å². The first-order valence-electron chi connectivity index (χ1n) is 4.86. The zero-order valence-electron chi connectivity index (χ0n) is 7.89. The van der Waals surface area contributed by atoms with Crippen LogP contribution in [0.4, 0.5) is 0 Å². The van der Waals surface area contributed by atoms with Crippen molar-refractivity contribution < 1.29 is 4.79 Å². The molecule has 0 aromatic rings. The van der Waals surface area contributed by atoms with Gasteiger partial charge in [0.1, 0.15) is 6.29 Å². The molecule has 0 fully saturated rings. The molecular weight excluding hydrogens is 172 g/mol. The Bertz CT molecular complexity index is 104. The molecular formula is C10H19ClO. The van der Waals surface area contributed by atoms with Crippen molar-refractivity contribution in [2.24, 2.45) is 5.92 Å². The molecule has 0 saturated carbocycles. The van der Waals surface area contributed by atoms with Crippen LogP contribution in [0.1, 0.15) is 45.4 Å². The molecule has 0 bridgehead atoms. The topological polar surface area (TPSA) is 17.1 Å². The van der Waals surface area contributed by atoms with E-state index in [0.29, 0.717) is 0 Å². The molecule has 0 aromatic heterocycles. The molecule has 0 aliphatic rings. The Morgan fingerprint density at radius 3 is 2.42 bits per heavy atom. The van der Waals surface area contributed by atoms with E-state index in [2.05, 4.69) is 6.92 Å². The van der Waals surface area contributed by atoms with Gasteiger partial charge in [0.05, 0.1) is 0 Å². The smallest absolute Gasteiger partial charge is 0.123 e. The van der Waals surface area contributed by atoms with Crippen molar-refractivity contribution in [1.82, 2.24) is 0 Å². The number of alkyl halides is 1. The van der Waals surface area contributed by atoms with Gasteiger partial charge < -0.3 is 4.79 Å². The number of halogens is 1. The first-order valence-corrected chi connectivity index (χ1v) is 5.39. The molecule has 0 aliphatic carbocycles. The summed E-state index contributed by atoms with van der Waals surface area (Å²) >= 11 is 5.54. The Kier molecular flexibility index (Phi) is 9.02. The minimum absolute atomic E-state index is 0.285. The van der Waals surface area contributed by atoms with E-state index in [1.807, 2.05) is 0 Å². The summed E-state index contributed by atoms with van der Waals surface area (Å²) in [5.74, 6) is 1.01. The van der Waals surface area contributed by atoms with Crippen LogP contribution in [0, 0.1) is 5.92 Å². The maximum absolute atomic E-state index is 10.6. The lowest BCUT2D eigenvalue weighted by Gasteiger charge is -2.07. The Balaban J connectivity index is 3.32. The molecule has 12 heavy (non-hydrogen) atoms. The largest absolute Gasteiger partial charge is 0.303 e. The standard InChI is InChI=1S/C10H19ClO/c1-2-3-6-10(9-12)7-4-5-8-11/h9-10H,2-8H2,1H3. The fourth-order valence-electron chi connectivity index (χ4n) is 1.25. The summed E-state index contributed by atoms with van der Waals surface area (Å²) in [4.78, 5) is 10.6. The lowest BCUT2D eigenvalue weighted by atomic mass is 9.98. The van der Waals surface area contributed by atoms with Crippen LogP contribution in [-0.4, -0.2) is 12.2 Å². The molecule has 0 radical (unpaired) electrons. The van der Waals surface area contributed by atoms with Gasteiger partial charge in [-0.3, -0.25) is 0 Å². The molecule has 1 unspecified atom stereocenters. The summed E-state index contributed by atoms with van der Waals surface area (Å²) in [6, 6.07) is 0. The zero-order valence-corrected chi connectivity index (χ0v) is 8.65. The Labute approximate surface area is 80.5 Å². The van der Waals surface area contributed by atoms with Crippen molar-refractivity contribution in [2.45, 2.75) is 45.4 Å². The summed E-state index contributed by atoms with van der Waals surface area (Å²) in [6.07, 6.45) is 7.67. The average Bonchev–Trinajstić information content (AvgIpc) is 2.11. The highest BCUT2D eigenvalue weighted by Gasteiger charge is 2.05. The van der Waals surface area contributed by atoms with Gasteiger partial charge in [-0.25, -0.2) is 0 Å². The normalized spacial score (nSPS) is 12.8. The molecule has 0 spiro atoms. The highest BCUT2D eigenvalue weighted by Crippen LogP contribution is 2.13. The first kappa shape index (κ1) is 12.0. The SMILES string of the molecule is CCCCC(C=O)CCCCCl. The van der Waals surface area contributed by atoms with Gasteiger partial charge in [0.15, 0.2) is 0 Å². The van der Waals surface area contributed by atoms with Gasteiger partial charge in [0.25, 0.3) is 0 Å². The van der Waals surface area contributed by atoms with Crippen LogP contribution in [0.3, 0.4) is 0 Å². The molecule has 0 rings (SSSR count). The predicted octanol–water partition coefficient (Wildman–Crippen LogP) is 3.40. The van der Waals surface area contributed by atoms with E-state index >= 15 is 0 Å². The van der Waals surface area contributed by atoms with Gasteiger partial charge in [-0.05, 0) is 19.3 Å². The molecule has 0 N–H and O–H groups in total. The molecule has 0 heterocycles. The van der Waals surface area contributed by atoms with Crippen LogP contribution in [0.25, 0.3) is 0 Å². The highest BCUT2D eigenvalue weighted by atomic mass is 35.5. The van der Waals surface area contributed by atoms with Gasteiger partial charge in [0, 0.05) is 11.8 Å². The second-order valence-corrected chi connectivity index (χ2v) is 3.60. The van der Waals surface area contributed by atoms with Crippen molar-refractivity contribution in [2.75, 3.05) is 5.88 Å². The summed E-state index contributed by atoms with van der Waals surface area (Å²) in [5.41, 5.74) is 0. The molecule has 0 aliphatic heterocycles. The fourth-order valence-corrected chi connectivity index (χ4v) is 1.44. The van der Waals surface area contributed by atoms with Crippen molar-refractivity contribution >= 4 is 17.9 Å². The van der Waals surface area contributed by atoms with Crippen LogP contribution in [0.5, 0.6) is 0 Å². The second kappa shape index (κ2) is 9.05. The Hall–Kier alpha value is -0.0400. The molecule has 1 nitrogen and oxygen atoms in total.